The number of morpholine rings is 1. The number of ether oxygens (including phenoxy) is 1. The Morgan fingerprint density at radius 3 is 3.09 bits per heavy atom. The molecule has 0 radical (unpaired) electrons. The first kappa shape index (κ1) is 16.7. The van der Waals surface area contributed by atoms with E-state index in [1.54, 1.807) is 0 Å². The highest BCUT2D eigenvalue weighted by Gasteiger charge is 2.32. The van der Waals surface area contributed by atoms with Crippen molar-refractivity contribution >= 4 is 17.4 Å². The van der Waals surface area contributed by atoms with Crippen molar-refractivity contribution in [2.45, 2.75) is 31.8 Å². The first-order chi connectivity index (χ1) is 11.2. The lowest BCUT2D eigenvalue weighted by Crippen LogP contribution is -2.52. The number of nitrogens with zero attached hydrogens (tertiary/aromatic N) is 2. The van der Waals surface area contributed by atoms with Gasteiger partial charge in [-0.15, -0.1) is 11.3 Å². The van der Waals surface area contributed by atoms with Gasteiger partial charge in [0.05, 0.1) is 19.3 Å². The highest BCUT2D eigenvalue weighted by atomic mass is 32.1. The van der Waals surface area contributed by atoms with Gasteiger partial charge in [-0.05, 0) is 50.7 Å². The third-order valence-corrected chi connectivity index (χ3v) is 5.93. The summed E-state index contributed by atoms with van der Waals surface area (Å²) in [6.45, 7) is 5.88. The Morgan fingerprint density at radius 2 is 2.35 bits per heavy atom. The summed E-state index contributed by atoms with van der Waals surface area (Å²) in [6.07, 6.45) is 2.37. The van der Waals surface area contributed by atoms with E-state index in [4.69, 9.17) is 4.74 Å². The largest absolute Gasteiger partial charge is 0.377 e. The lowest BCUT2D eigenvalue weighted by atomic mass is 9.88. The van der Waals surface area contributed by atoms with Gasteiger partial charge in [0.1, 0.15) is 0 Å². The van der Waals surface area contributed by atoms with Crippen LogP contribution in [0.5, 0.6) is 0 Å². The molecule has 0 unspecified atom stereocenters. The van der Waals surface area contributed by atoms with Crippen molar-refractivity contribution < 1.29 is 9.53 Å². The van der Waals surface area contributed by atoms with Gasteiger partial charge < -0.3 is 15.0 Å². The quantitative estimate of drug-likeness (QED) is 0.922. The molecule has 2 fully saturated rings. The van der Waals surface area contributed by atoms with Crippen LogP contribution in [0.4, 0.5) is 4.79 Å². The molecular weight excluding hydrogens is 310 g/mol. The number of carbonyl (C=O) groups is 1. The SMILES string of the molecule is C[C@@H]1COCCN1C(=O)NC[C@H]1CCCN(C)[C@H]1c1cccs1. The van der Waals surface area contributed by atoms with Crippen molar-refractivity contribution in [2.24, 2.45) is 5.92 Å². The predicted molar refractivity (Wildman–Crippen MR) is 92.8 cm³/mol. The summed E-state index contributed by atoms with van der Waals surface area (Å²) in [5.41, 5.74) is 0. The van der Waals surface area contributed by atoms with E-state index in [1.807, 2.05) is 23.2 Å². The molecule has 0 aliphatic carbocycles. The Hall–Kier alpha value is -1.11. The van der Waals surface area contributed by atoms with Crippen LogP contribution in [0.15, 0.2) is 17.5 Å². The van der Waals surface area contributed by atoms with Gasteiger partial charge in [0.15, 0.2) is 0 Å². The topological polar surface area (TPSA) is 44.8 Å². The normalized spacial score (nSPS) is 29.5. The predicted octanol–water partition coefficient (Wildman–Crippen LogP) is 2.56. The van der Waals surface area contributed by atoms with Crippen molar-refractivity contribution in [3.05, 3.63) is 22.4 Å². The molecule has 2 aliphatic heterocycles. The van der Waals surface area contributed by atoms with E-state index < -0.39 is 0 Å². The molecule has 0 aromatic carbocycles. The number of hydrogen-bond acceptors (Lipinski definition) is 4. The van der Waals surface area contributed by atoms with Crippen LogP contribution in [0.2, 0.25) is 0 Å². The average Bonchev–Trinajstić information content (AvgIpc) is 3.07. The van der Waals surface area contributed by atoms with E-state index in [0.29, 0.717) is 31.7 Å². The van der Waals surface area contributed by atoms with Crippen LogP contribution in [0.25, 0.3) is 0 Å². The summed E-state index contributed by atoms with van der Waals surface area (Å²) < 4.78 is 5.41. The smallest absolute Gasteiger partial charge is 0.317 e. The van der Waals surface area contributed by atoms with Crippen LogP contribution in [0, 0.1) is 5.92 Å². The molecular formula is C17H27N3O2S. The highest BCUT2D eigenvalue weighted by Crippen LogP contribution is 2.36. The minimum Gasteiger partial charge on any atom is -0.377 e. The minimum atomic E-state index is 0.0546. The molecule has 1 N–H and O–H groups in total. The van der Waals surface area contributed by atoms with Gasteiger partial charge in [-0.25, -0.2) is 4.79 Å². The van der Waals surface area contributed by atoms with Crippen LogP contribution in [0.1, 0.15) is 30.7 Å². The zero-order valence-corrected chi connectivity index (χ0v) is 14.8. The molecule has 1 aromatic heterocycles. The second-order valence-electron chi connectivity index (χ2n) is 6.65. The molecule has 3 atom stereocenters. The van der Waals surface area contributed by atoms with E-state index >= 15 is 0 Å². The number of nitrogens with one attached hydrogen (secondary N) is 1. The lowest BCUT2D eigenvalue weighted by molar-refractivity contribution is 0.0183. The third kappa shape index (κ3) is 3.87. The molecule has 5 nitrogen and oxygen atoms in total. The minimum absolute atomic E-state index is 0.0546. The first-order valence-corrected chi connectivity index (χ1v) is 9.40. The molecule has 2 aliphatic rings. The zero-order valence-electron chi connectivity index (χ0n) is 14.0. The fourth-order valence-corrected chi connectivity index (χ4v) is 4.71. The van der Waals surface area contributed by atoms with E-state index in [-0.39, 0.29) is 12.1 Å². The summed E-state index contributed by atoms with van der Waals surface area (Å²) in [4.78, 5) is 18.2. The highest BCUT2D eigenvalue weighted by molar-refractivity contribution is 7.10. The second kappa shape index (κ2) is 7.64. The van der Waals surface area contributed by atoms with Crippen molar-refractivity contribution in [1.29, 1.82) is 0 Å². The summed E-state index contributed by atoms with van der Waals surface area (Å²) >= 11 is 1.82. The molecule has 2 amide bonds. The van der Waals surface area contributed by atoms with Gasteiger partial charge in [-0.2, -0.15) is 0 Å². The number of carbonyl (C=O) groups excluding carboxylic acids is 1. The average molecular weight is 337 g/mol. The Morgan fingerprint density at radius 1 is 1.48 bits per heavy atom. The molecule has 0 bridgehead atoms. The van der Waals surface area contributed by atoms with Crippen molar-refractivity contribution in [3.8, 4) is 0 Å². The van der Waals surface area contributed by atoms with Gasteiger partial charge in [0.2, 0.25) is 0 Å². The van der Waals surface area contributed by atoms with Gasteiger partial charge in [0.25, 0.3) is 0 Å². The van der Waals surface area contributed by atoms with E-state index in [1.165, 1.54) is 17.7 Å². The number of piperidine rings is 1. The molecule has 0 spiro atoms. The summed E-state index contributed by atoms with van der Waals surface area (Å²) in [7, 11) is 2.20. The summed E-state index contributed by atoms with van der Waals surface area (Å²) in [5, 5.41) is 5.32. The Balaban J connectivity index is 1.60. The third-order valence-electron chi connectivity index (χ3n) is 4.99. The molecule has 6 heteroatoms. The number of amides is 2. The Bertz CT molecular complexity index is 508. The number of likely N-dealkylation sites (tertiary alicyclic amines) is 1. The van der Waals surface area contributed by atoms with Crippen LogP contribution in [0.3, 0.4) is 0 Å². The van der Waals surface area contributed by atoms with Gasteiger partial charge in [-0.1, -0.05) is 6.07 Å². The van der Waals surface area contributed by atoms with E-state index in [2.05, 4.69) is 34.8 Å². The second-order valence-corrected chi connectivity index (χ2v) is 7.63. The maximum absolute atomic E-state index is 12.5. The van der Waals surface area contributed by atoms with Crippen molar-refractivity contribution in [2.75, 3.05) is 39.9 Å². The van der Waals surface area contributed by atoms with Crippen LogP contribution in [-0.2, 0) is 4.74 Å². The fourth-order valence-electron chi connectivity index (χ4n) is 3.73. The Kier molecular flexibility index (Phi) is 5.56. The fraction of sp³-hybridized carbons (Fsp3) is 0.706. The standard InChI is InChI=1S/C17H27N3O2S/c1-13-12-22-9-8-20(13)17(21)18-11-14-5-3-7-19(2)16(14)15-6-4-10-23-15/h4,6,10,13-14,16H,3,5,7-9,11-12H2,1-2H3,(H,18,21)/t13-,14-,16-/m1/s1. The van der Waals surface area contributed by atoms with E-state index in [0.717, 1.165) is 13.1 Å². The molecule has 128 valence electrons. The lowest BCUT2D eigenvalue weighted by Gasteiger charge is -2.39. The maximum atomic E-state index is 12.5. The van der Waals surface area contributed by atoms with E-state index in [9.17, 15) is 4.79 Å². The first-order valence-electron chi connectivity index (χ1n) is 8.52. The number of hydrogen-bond donors (Lipinski definition) is 1. The van der Waals surface area contributed by atoms with Crippen molar-refractivity contribution in [1.82, 2.24) is 15.1 Å². The van der Waals surface area contributed by atoms with Crippen LogP contribution >= 0.6 is 11.3 Å². The summed E-state index contributed by atoms with van der Waals surface area (Å²) in [5.74, 6) is 0.479. The molecule has 0 saturated carbocycles. The maximum Gasteiger partial charge on any atom is 0.317 e. The van der Waals surface area contributed by atoms with Gasteiger partial charge >= 0.3 is 6.03 Å². The van der Waals surface area contributed by atoms with Crippen LogP contribution < -0.4 is 5.32 Å². The van der Waals surface area contributed by atoms with Crippen LogP contribution in [-0.4, -0.2) is 61.8 Å². The number of urea groups is 1. The van der Waals surface area contributed by atoms with Gasteiger partial charge in [-0.3, -0.25) is 4.90 Å². The van der Waals surface area contributed by atoms with Gasteiger partial charge in [0, 0.05) is 24.0 Å². The molecule has 3 heterocycles. The summed E-state index contributed by atoms with van der Waals surface area (Å²) in [6, 6.07) is 4.97. The molecule has 1 aromatic rings. The molecule has 3 rings (SSSR count). The molecule has 23 heavy (non-hydrogen) atoms. The number of rotatable bonds is 3. The zero-order chi connectivity index (χ0) is 16.2. The Labute approximate surface area is 142 Å². The monoisotopic (exact) mass is 337 g/mol. The number of thiophene rings is 1. The molecule has 2 saturated heterocycles. The van der Waals surface area contributed by atoms with Crippen molar-refractivity contribution in [3.63, 3.8) is 0 Å².